The molecular weight excluding hydrogens is 434 g/mol. The molecule has 0 bridgehead atoms. The number of allylic oxidation sites excluding steroid dienone is 1. The number of nitrogens with zero attached hydrogens (tertiary/aromatic N) is 7. The van der Waals surface area contributed by atoms with Crippen LogP contribution in [0.25, 0.3) is 0 Å². The lowest BCUT2D eigenvalue weighted by Gasteiger charge is -2.19. The van der Waals surface area contributed by atoms with E-state index < -0.39 is 20.4 Å². The summed E-state index contributed by atoms with van der Waals surface area (Å²) in [6.07, 6.45) is 3.81. The summed E-state index contributed by atoms with van der Waals surface area (Å²) in [5.74, 6) is 0. The fourth-order valence-corrected chi connectivity index (χ4v) is 5.14. The van der Waals surface area contributed by atoms with E-state index in [-0.39, 0.29) is 5.16 Å². The van der Waals surface area contributed by atoms with Crippen LogP contribution in [0, 0.1) is 0 Å². The van der Waals surface area contributed by atoms with Crippen LogP contribution < -0.4 is 0 Å². The van der Waals surface area contributed by atoms with Crippen molar-refractivity contribution in [3.63, 3.8) is 0 Å². The van der Waals surface area contributed by atoms with Crippen LogP contribution in [0.5, 0.6) is 0 Å². The van der Waals surface area contributed by atoms with Gasteiger partial charge in [-0.25, -0.2) is 4.98 Å². The Morgan fingerprint density at radius 3 is 2.22 bits per heavy atom. The summed E-state index contributed by atoms with van der Waals surface area (Å²) < 4.78 is 52.6. The smallest absolute Gasteiger partial charge is 0.208 e. The molecule has 0 atom stereocenters. The molecule has 11 nitrogen and oxygen atoms in total. The van der Waals surface area contributed by atoms with Crippen molar-refractivity contribution in [3.05, 3.63) is 18.1 Å². The van der Waals surface area contributed by atoms with E-state index in [1.54, 1.807) is 0 Å². The molecule has 15 heteroatoms. The van der Waals surface area contributed by atoms with Crippen LogP contribution in [0.15, 0.2) is 28.4 Å². The average molecular weight is 456 g/mol. The van der Waals surface area contributed by atoms with Gasteiger partial charge in [0.25, 0.3) is 0 Å². The molecule has 1 aromatic rings. The maximum atomic E-state index is 12.4. The maximum Gasteiger partial charge on any atom is 0.323 e. The highest BCUT2D eigenvalue weighted by molar-refractivity contribution is 8.82. The van der Waals surface area contributed by atoms with Crippen molar-refractivity contribution in [2.45, 2.75) is 24.9 Å². The highest BCUT2D eigenvalue weighted by Crippen LogP contribution is 2.33. The zero-order valence-corrected chi connectivity index (χ0v) is 18.7. The third kappa shape index (κ3) is 5.23. The van der Waals surface area contributed by atoms with Gasteiger partial charge in [0.05, 0.1) is 0 Å². The molecule has 0 saturated carbocycles. The zero-order valence-electron chi connectivity index (χ0n) is 15.5. The van der Waals surface area contributed by atoms with Crippen LogP contribution in [-0.4, -0.2) is 77.3 Å². The fourth-order valence-electron chi connectivity index (χ4n) is 1.73. The van der Waals surface area contributed by atoms with Crippen molar-refractivity contribution in [3.8, 4) is 0 Å². The second kappa shape index (κ2) is 8.48. The Bertz CT molecular complexity index is 950. The van der Waals surface area contributed by atoms with Gasteiger partial charge in [-0.2, -0.15) is 35.0 Å². The van der Waals surface area contributed by atoms with Gasteiger partial charge in [-0.3, -0.25) is 0 Å². The van der Waals surface area contributed by atoms with Gasteiger partial charge in [-0.1, -0.05) is 5.57 Å². The summed E-state index contributed by atoms with van der Waals surface area (Å²) in [5.41, 5.74) is 0.879. The van der Waals surface area contributed by atoms with Crippen molar-refractivity contribution < 1.29 is 16.8 Å². The topological polar surface area (TPSA) is 121 Å². The van der Waals surface area contributed by atoms with Gasteiger partial charge in [0, 0.05) is 40.8 Å². The predicted octanol–water partition coefficient (Wildman–Crippen LogP) is 0.792. The van der Waals surface area contributed by atoms with Gasteiger partial charge >= 0.3 is 20.4 Å². The molecular formula is C12H21N7O4S4. The monoisotopic (exact) mass is 455 g/mol. The summed E-state index contributed by atoms with van der Waals surface area (Å²) in [5, 5.41) is 8.93. The van der Waals surface area contributed by atoms with Gasteiger partial charge in [-0.15, -0.1) is 9.19 Å². The minimum Gasteiger partial charge on any atom is -0.208 e. The lowest BCUT2D eigenvalue weighted by atomic mass is 10.2. The van der Waals surface area contributed by atoms with E-state index in [1.165, 1.54) is 45.2 Å². The number of hydrogen-bond donors (Lipinski definition) is 0. The Hall–Kier alpha value is -1.13. The highest BCUT2D eigenvalue weighted by atomic mass is 33.1. The van der Waals surface area contributed by atoms with E-state index in [2.05, 4.69) is 15.2 Å². The lowest BCUT2D eigenvalue weighted by Crippen LogP contribution is -2.33. The molecule has 152 valence electrons. The first-order chi connectivity index (χ1) is 12.4. The normalized spacial score (nSPS) is 16.5. The molecule has 27 heavy (non-hydrogen) atoms. The van der Waals surface area contributed by atoms with Crippen LogP contribution >= 0.6 is 21.6 Å². The summed E-state index contributed by atoms with van der Waals surface area (Å²) >= 11 is 0. The Morgan fingerprint density at radius 2 is 1.63 bits per heavy atom. The van der Waals surface area contributed by atoms with E-state index in [9.17, 15) is 16.8 Å². The van der Waals surface area contributed by atoms with Crippen LogP contribution in [0.4, 0.5) is 0 Å². The van der Waals surface area contributed by atoms with Crippen molar-refractivity contribution in [2.75, 3.05) is 28.2 Å². The fraction of sp³-hybridized carbons (Fsp3) is 0.583. The molecule has 0 aromatic carbocycles. The second-order valence-electron chi connectivity index (χ2n) is 5.89. The van der Waals surface area contributed by atoms with Crippen molar-refractivity contribution in [1.29, 1.82) is 0 Å². The van der Waals surface area contributed by atoms with Gasteiger partial charge < -0.3 is 0 Å². The first kappa shape index (κ1) is 22.2. The Morgan fingerprint density at radius 1 is 1.00 bits per heavy atom. The molecule has 1 aliphatic heterocycles. The molecule has 0 unspecified atom stereocenters. The minimum atomic E-state index is -3.74. The molecule has 0 spiro atoms. The molecule has 0 radical (unpaired) electrons. The van der Waals surface area contributed by atoms with Crippen LogP contribution in [0.2, 0.25) is 0 Å². The Labute approximate surface area is 167 Å². The molecule has 2 heterocycles. The third-order valence-corrected chi connectivity index (χ3v) is 8.66. The summed E-state index contributed by atoms with van der Waals surface area (Å²) in [4.78, 5) is 3.96. The number of hydrogen-bond acceptors (Lipinski definition) is 9. The number of aromatic nitrogens is 3. The Kier molecular flexibility index (Phi) is 6.96. The molecule has 1 aliphatic rings. The predicted molar refractivity (Wildman–Crippen MR) is 106 cm³/mol. The van der Waals surface area contributed by atoms with Gasteiger partial charge in [-0.05, 0) is 34.9 Å². The first-order valence-corrected chi connectivity index (χ1v) is 12.5. The van der Waals surface area contributed by atoms with Crippen LogP contribution in [0.1, 0.15) is 19.8 Å². The van der Waals surface area contributed by atoms with Crippen LogP contribution in [0.3, 0.4) is 0 Å². The zero-order chi connectivity index (χ0) is 20.4. The molecule has 0 fully saturated rings. The summed E-state index contributed by atoms with van der Waals surface area (Å²) in [7, 11) is 0.495. The summed E-state index contributed by atoms with van der Waals surface area (Å²) in [6, 6.07) is 0. The quantitative estimate of drug-likeness (QED) is 0.577. The lowest BCUT2D eigenvalue weighted by molar-refractivity contribution is 0.448. The van der Waals surface area contributed by atoms with Gasteiger partial charge in [0.2, 0.25) is 5.16 Å². The van der Waals surface area contributed by atoms with Crippen molar-refractivity contribution in [2.24, 2.45) is 5.10 Å². The van der Waals surface area contributed by atoms with Gasteiger partial charge in [0.15, 0.2) is 0 Å². The largest absolute Gasteiger partial charge is 0.323 e. The second-order valence-corrected chi connectivity index (χ2v) is 12.1. The van der Waals surface area contributed by atoms with E-state index >= 15 is 0 Å². The SMILES string of the molecule is CC1=CN(S(=O)(=O)N(C)C)N=C(SSc2ncn(S(=O)(=O)N(C)C)n2)CC1. The van der Waals surface area contributed by atoms with E-state index in [0.29, 0.717) is 17.9 Å². The first-order valence-electron chi connectivity index (χ1n) is 7.60. The summed E-state index contributed by atoms with van der Waals surface area (Å²) in [6.45, 7) is 1.84. The Balaban J connectivity index is 2.16. The third-order valence-electron chi connectivity index (χ3n) is 3.33. The average Bonchev–Trinajstić information content (AvgIpc) is 2.97. The van der Waals surface area contributed by atoms with E-state index in [1.807, 2.05) is 6.92 Å². The number of rotatable bonds is 6. The molecule has 0 saturated heterocycles. The molecule has 2 rings (SSSR count). The van der Waals surface area contributed by atoms with Crippen molar-refractivity contribution in [1.82, 2.24) is 27.2 Å². The van der Waals surface area contributed by atoms with Crippen molar-refractivity contribution >= 4 is 47.1 Å². The standard InChI is InChI=1S/C12H21N7O4S4/c1-10-6-7-11(14-18(8-10)26(20,21)16(2)3)24-25-12-13-9-19(15-12)27(22,23)17(4)5/h8-9H,6-7H2,1-5H3. The molecule has 0 amide bonds. The molecule has 1 aromatic heterocycles. The van der Waals surface area contributed by atoms with E-state index in [4.69, 9.17) is 0 Å². The van der Waals surface area contributed by atoms with E-state index in [0.717, 1.165) is 39.8 Å². The molecule has 0 N–H and O–H groups in total. The minimum absolute atomic E-state index is 0.226. The van der Waals surface area contributed by atoms with Crippen LogP contribution in [-0.2, 0) is 20.4 Å². The maximum absolute atomic E-state index is 12.4. The highest BCUT2D eigenvalue weighted by Gasteiger charge is 2.25. The van der Waals surface area contributed by atoms with Gasteiger partial charge in [0.1, 0.15) is 11.4 Å². The molecule has 0 aliphatic carbocycles. The number of hydrazone groups is 1.